The molecule has 2 aromatic carbocycles. The van der Waals surface area contributed by atoms with Gasteiger partial charge in [0.2, 0.25) is 10.0 Å². The van der Waals surface area contributed by atoms with Crippen LogP contribution >= 0.6 is 11.6 Å². The summed E-state index contributed by atoms with van der Waals surface area (Å²) >= 11 is 5.84. The zero-order valence-electron chi connectivity index (χ0n) is 15.3. The summed E-state index contributed by atoms with van der Waals surface area (Å²) in [5, 5.41) is 2.44. The van der Waals surface area contributed by atoms with Gasteiger partial charge in [-0.3, -0.25) is 4.79 Å². The molecule has 0 unspecified atom stereocenters. The normalized spacial score (nSPS) is 12.5. The summed E-state index contributed by atoms with van der Waals surface area (Å²) in [6, 6.07) is 8.58. The van der Waals surface area contributed by atoms with E-state index in [1.54, 1.807) is 0 Å². The molecule has 1 N–H and O–H groups in total. The lowest BCUT2D eigenvalue weighted by atomic mass is 10.2. The third-order valence-corrected chi connectivity index (χ3v) is 5.85. The lowest BCUT2D eigenvalue weighted by molar-refractivity contribution is -0.123. The summed E-state index contributed by atoms with van der Waals surface area (Å²) in [5.41, 5.74) is 0.256. The number of sulfonamides is 1. The van der Waals surface area contributed by atoms with Gasteiger partial charge in [0.05, 0.1) is 21.2 Å². The van der Waals surface area contributed by atoms with Gasteiger partial charge in [-0.2, -0.15) is 0 Å². The Hall–Kier alpha value is -2.49. The Morgan fingerprint density at radius 2 is 1.75 bits per heavy atom. The molecule has 0 spiro atoms. The van der Waals surface area contributed by atoms with Crippen LogP contribution in [0.15, 0.2) is 47.4 Å². The SMILES string of the molecule is C[C@@H](OC(=O)c1ccc(S(=O)(=O)N(C)C)cc1)C(=O)Nc1ccc(F)cc1Cl. The largest absolute Gasteiger partial charge is 0.449 e. The Bertz CT molecular complexity index is 994. The second-order valence-corrected chi connectivity index (χ2v) is 8.53. The summed E-state index contributed by atoms with van der Waals surface area (Å²) < 4.78 is 43.2. The summed E-state index contributed by atoms with van der Waals surface area (Å²) in [6.07, 6.45) is -1.17. The molecule has 0 fully saturated rings. The van der Waals surface area contributed by atoms with Crippen molar-refractivity contribution in [2.45, 2.75) is 17.9 Å². The van der Waals surface area contributed by atoms with Crippen molar-refractivity contribution in [3.8, 4) is 0 Å². The molecule has 0 saturated carbocycles. The molecule has 7 nitrogen and oxygen atoms in total. The average molecular weight is 429 g/mol. The second-order valence-electron chi connectivity index (χ2n) is 5.97. The fraction of sp³-hybridized carbons (Fsp3) is 0.222. The van der Waals surface area contributed by atoms with Crippen molar-refractivity contribution < 1.29 is 27.1 Å². The van der Waals surface area contributed by atoms with E-state index in [-0.39, 0.29) is 21.2 Å². The third kappa shape index (κ3) is 5.06. The van der Waals surface area contributed by atoms with Crippen LogP contribution in [0.5, 0.6) is 0 Å². The topological polar surface area (TPSA) is 92.8 Å². The van der Waals surface area contributed by atoms with E-state index in [9.17, 15) is 22.4 Å². The van der Waals surface area contributed by atoms with Gasteiger partial charge in [-0.1, -0.05) is 11.6 Å². The van der Waals surface area contributed by atoms with Gasteiger partial charge in [-0.05, 0) is 49.4 Å². The zero-order valence-corrected chi connectivity index (χ0v) is 16.8. The minimum Gasteiger partial charge on any atom is -0.449 e. The molecule has 0 aromatic heterocycles. The highest BCUT2D eigenvalue weighted by Gasteiger charge is 2.21. The van der Waals surface area contributed by atoms with Crippen molar-refractivity contribution >= 4 is 39.2 Å². The Morgan fingerprint density at radius 3 is 2.29 bits per heavy atom. The van der Waals surface area contributed by atoms with E-state index in [1.165, 1.54) is 51.4 Å². The van der Waals surface area contributed by atoms with E-state index in [2.05, 4.69) is 5.32 Å². The monoisotopic (exact) mass is 428 g/mol. The van der Waals surface area contributed by atoms with Gasteiger partial charge in [-0.15, -0.1) is 0 Å². The van der Waals surface area contributed by atoms with E-state index >= 15 is 0 Å². The summed E-state index contributed by atoms with van der Waals surface area (Å²) in [5.74, 6) is -2.02. The maximum Gasteiger partial charge on any atom is 0.338 e. The molecule has 2 aromatic rings. The Morgan fingerprint density at radius 1 is 1.14 bits per heavy atom. The van der Waals surface area contributed by atoms with Gasteiger partial charge in [0.1, 0.15) is 5.82 Å². The molecular weight excluding hydrogens is 411 g/mol. The first-order valence-corrected chi connectivity index (χ1v) is 9.83. The minimum atomic E-state index is -3.62. The average Bonchev–Trinajstić information content (AvgIpc) is 2.63. The number of carbonyl (C=O) groups is 2. The van der Waals surface area contributed by atoms with E-state index in [0.717, 1.165) is 16.4 Å². The van der Waals surface area contributed by atoms with E-state index in [4.69, 9.17) is 16.3 Å². The smallest absolute Gasteiger partial charge is 0.338 e. The molecule has 0 aliphatic carbocycles. The standard InChI is InChI=1S/C18H18ClFN2O5S/c1-11(17(23)21-16-9-6-13(20)10-15(16)19)27-18(24)12-4-7-14(8-5-12)28(25,26)22(2)3/h4-11H,1-3H3,(H,21,23)/t11-/m1/s1. The number of ether oxygens (including phenoxy) is 1. The lowest BCUT2D eigenvalue weighted by Gasteiger charge is -2.15. The van der Waals surface area contributed by atoms with Gasteiger partial charge in [0.25, 0.3) is 5.91 Å². The number of rotatable bonds is 6. The Balaban J connectivity index is 2.04. The van der Waals surface area contributed by atoms with E-state index < -0.39 is 33.8 Å². The number of esters is 1. The molecule has 0 heterocycles. The Labute approximate surface area is 167 Å². The zero-order chi connectivity index (χ0) is 21.1. The van der Waals surface area contributed by atoms with Crippen molar-refractivity contribution in [1.82, 2.24) is 4.31 Å². The van der Waals surface area contributed by atoms with E-state index in [1.807, 2.05) is 0 Å². The van der Waals surface area contributed by atoms with Gasteiger partial charge in [0.15, 0.2) is 6.10 Å². The van der Waals surface area contributed by atoms with Crippen LogP contribution < -0.4 is 5.32 Å². The van der Waals surface area contributed by atoms with E-state index in [0.29, 0.717) is 0 Å². The molecule has 2 rings (SSSR count). The highest BCUT2D eigenvalue weighted by molar-refractivity contribution is 7.89. The van der Waals surface area contributed by atoms with Crippen LogP contribution in [0, 0.1) is 5.82 Å². The van der Waals surface area contributed by atoms with Crippen LogP contribution in [-0.2, 0) is 19.6 Å². The Kier molecular flexibility index (Phi) is 6.76. The number of benzene rings is 2. The van der Waals surface area contributed by atoms with Crippen LogP contribution in [0.1, 0.15) is 17.3 Å². The van der Waals surface area contributed by atoms with Gasteiger partial charge >= 0.3 is 5.97 Å². The van der Waals surface area contributed by atoms with Crippen LogP contribution in [0.25, 0.3) is 0 Å². The van der Waals surface area contributed by atoms with Crippen LogP contribution in [0.2, 0.25) is 5.02 Å². The number of halogens is 2. The molecular formula is C18H18ClFN2O5S. The van der Waals surface area contributed by atoms with Crippen molar-refractivity contribution in [1.29, 1.82) is 0 Å². The summed E-state index contributed by atoms with van der Waals surface area (Å²) in [4.78, 5) is 24.4. The summed E-state index contributed by atoms with van der Waals surface area (Å²) in [7, 11) is -0.832. The molecule has 0 radical (unpaired) electrons. The highest BCUT2D eigenvalue weighted by Crippen LogP contribution is 2.23. The molecule has 1 amide bonds. The third-order valence-electron chi connectivity index (χ3n) is 3.71. The highest BCUT2D eigenvalue weighted by atomic mass is 35.5. The molecule has 28 heavy (non-hydrogen) atoms. The number of hydrogen-bond donors (Lipinski definition) is 1. The molecule has 0 saturated heterocycles. The lowest BCUT2D eigenvalue weighted by Crippen LogP contribution is -2.30. The van der Waals surface area contributed by atoms with Crippen molar-refractivity contribution in [2.24, 2.45) is 0 Å². The fourth-order valence-corrected chi connectivity index (χ4v) is 3.20. The number of carbonyl (C=O) groups excluding carboxylic acids is 2. The summed E-state index contributed by atoms with van der Waals surface area (Å²) in [6.45, 7) is 1.36. The number of nitrogens with one attached hydrogen (secondary N) is 1. The van der Waals surface area contributed by atoms with Gasteiger partial charge in [-0.25, -0.2) is 21.9 Å². The molecule has 1 atom stereocenters. The quantitative estimate of drug-likeness (QED) is 0.714. The maximum absolute atomic E-state index is 13.0. The maximum atomic E-state index is 13.0. The van der Waals surface area contributed by atoms with Crippen molar-refractivity contribution in [3.63, 3.8) is 0 Å². The predicted octanol–water partition coefficient (Wildman–Crippen LogP) is 2.91. The number of anilines is 1. The second kappa shape index (κ2) is 8.68. The first kappa shape index (κ1) is 21.8. The first-order chi connectivity index (χ1) is 13.0. The van der Waals surface area contributed by atoms with Crippen LogP contribution in [0.3, 0.4) is 0 Å². The van der Waals surface area contributed by atoms with Crippen LogP contribution in [-0.4, -0.2) is 44.8 Å². The van der Waals surface area contributed by atoms with Crippen LogP contribution in [0.4, 0.5) is 10.1 Å². The van der Waals surface area contributed by atoms with Gasteiger partial charge in [0, 0.05) is 14.1 Å². The van der Waals surface area contributed by atoms with Gasteiger partial charge < -0.3 is 10.1 Å². The molecule has 150 valence electrons. The molecule has 0 bridgehead atoms. The van der Waals surface area contributed by atoms with Crippen molar-refractivity contribution in [3.05, 3.63) is 58.9 Å². The molecule has 0 aliphatic heterocycles. The number of amides is 1. The van der Waals surface area contributed by atoms with Crippen molar-refractivity contribution in [2.75, 3.05) is 19.4 Å². The molecule has 0 aliphatic rings. The molecule has 10 heteroatoms. The predicted molar refractivity (Wildman–Crippen MR) is 102 cm³/mol. The first-order valence-electron chi connectivity index (χ1n) is 8.02. The minimum absolute atomic E-state index is 0.00423. The number of hydrogen-bond acceptors (Lipinski definition) is 5. The fourth-order valence-electron chi connectivity index (χ4n) is 2.08. The number of nitrogens with zero attached hydrogens (tertiary/aromatic N) is 1.